The minimum absolute atomic E-state index is 0.214. The maximum atomic E-state index is 12.1. The Morgan fingerprint density at radius 3 is 2.31 bits per heavy atom. The Hall–Kier alpha value is -3.30. The fourth-order valence-corrected chi connectivity index (χ4v) is 2.68. The van der Waals surface area contributed by atoms with E-state index >= 15 is 0 Å². The molecule has 1 aliphatic rings. The molecule has 0 amide bonds. The highest BCUT2D eigenvalue weighted by molar-refractivity contribution is 5.82. The minimum atomic E-state index is -3.18. The van der Waals surface area contributed by atoms with Crippen molar-refractivity contribution in [2.45, 2.75) is 50.8 Å². The van der Waals surface area contributed by atoms with Crippen LogP contribution in [0.3, 0.4) is 0 Å². The first-order chi connectivity index (χ1) is 14.0. The van der Waals surface area contributed by atoms with E-state index in [2.05, 4.69) is 14.2 Å². The van der Waals surface area contributed by atoms with Crippen LogP contribution in [0.25, 0.3) is 0 Å². The van der Waals surface area contributed by atoms with Crippen molar-refractivity contribution in [3.8, 4) is 0 Å². The van der Waals surface area contributed by atoms with Gasteiger partial charge in [-0.1, -0.05) is 36.8 Å². The average Bonchev–Trinajstić information content (AvgIpc) is 2.73. The van der Waals surface area contributed by atoms with Crippen LogP contribution in [0.1, 0.15) is 37.7 Å². The van der Waals surface area contributed by atoms with E-state index in [0.717, 1.165) is 32.8 Å². The average molecular weight is 409 g/mol. The van der Waals surface area contributed by atoms with E-state index in [1.165, 1.54) is 0 Å². The van der Waals surface area contributed by atoms with Crippen LogP contribution in [0, 0.1) is 0 Å². The Morgan fingerprint density at radius 2 is 1.69 bits per heavy atom. The van der Waals surface area contributed by atoms with Gasteiger partial charge in [0.05, 0.1) is 7.11 Å². The van der Waals surface area contributed by atoms with Gasteiger partial charge >= 0.3 is 30.7 Å². The Bertz CT molecular complexity index is 698. The number of carbonyl (C=O) groups excluding carboxylic acids is 4. The molecule has 1 radical (unpaired) electrons. The van der Waals surface area contributed by atoms with E-state index in [1.54, 1.807) is 30.3 Å². The maximum Gasteiger partial charge on any atom is 0.534 e. The third-order valence-electron chi connectivity index (χ3n) is 4.06. The number of benzene rings is 1. The lowest BCUT2D eigenvalue weighted by molar-refractivity contribution is -0.300. The maximum absolute atomic E-state index is 12.1. The highest BCUT2D eigenvalue weighted by Crippen LogP contribution is 2.24. The van der Waals surface area contributed by atoms with Crippen molar-refractivity contribution < 1.29 is 47.6 Å². The van der Waals surface area contributed by atoms with Gasteiger partial charge in [0.1, 0.15) is 12.7 Å². The monoisotopic (exact) mass is 409 g/mol. The molecule has 1 aliphatic carbocycles. The highest BCUT2D eigenvalue weighted by atomic mass is 17.0. The molecular formula is C19H21O10. The lowest BCUT2D eigenvalue weighted by Crippen LogP contribution is -2.50. The van der Waals surface area contributed by atoms with Gasteiger partial charge in [-0.3, -0.25) is 0 Å². The van der Waals surface area contributed by atoms with Crippen LogP contribution >= 0.6 is 0 Å². The molecule has 0 aliphatic heterocycles. The van der Waals surface area contributed by atoms with Gasteiger partial charge in [0.15, 0.2) is 0 Å². The van der Waals surface area contributed by atoms with E-state index in [1.807, 2.05) is 0 Å². The zero-order chi connectivity index (χ0) is 21.1. The topological polar surface area (TPSA) is 124 Å². The van der Waals surface area contributed by atoms with Crippen molar-refractivity contribution in [3.05, 3.63) is 35.9 Å². The van der Waals surface area contributed by atoms with Crippen LogP contribution in [-0.2, 0) is 44.6 Å². The van der Waals surface area contributed by atoms with Crippen LogP contribution in [0.5, 0.6) is 0 Å². The van der Waals surface area contributed by atoms with Crippen molar-refractivity contribution in [3.63, 3.8) is 0 Å². The second kappa shape index (κ2) is 10.9. The van der Waals surface area contributed by atoms with Crippen LogP contribution in [0.15, 0.2) is 30.3 Å². The summed E-state index contributed by atoms with van der Waals surface area (Å²) in [6.45, 7) is 0.682. The van der Waals surface area contributed by atoms with Crippen molar-refractivity contribution in [2.24, 2.45) is 0 Å². The molecule has 0 bridgehead atoms. The van der Waals surface area contributed by atoms with Gasteiger partial charge < -0.3 is 28.4 Å². The number of rotatable bonds is 8. The molecule has 0 heterocycles. The SMILES string of the molecule is COC(=O)C(O[C]=O)(OC(=O)OCc1ccccc1)OC(=O)OC1CCCCC1. The number of methoxy groups -OCH3 is 1. The summed E-state index contributed by atoms with van der Waals surface area (Å²) in [6, 6.07) is 8.56. The van der Waals surface area contributed by atoms with Crippen LogP contribution in [0.2, 0.25) is 0 Å². The molecule has 10 nitrogen and oxygen atoms in total. The zero-order valence-electron chi connectivity index (χ0n) is 15.8. The minimum Gasteiger partial charge on any atom is -0.460 e. The number of esters is 1. The molecule has 2 rings (SSSR count). The molecule has 1 unspecified atom stereocenters. The molecular weight excluding hydrogens is 388 g/mol. The van der Waals surface area contributed by atoms with Gasteiger partial charge in [0.25, 0.3) is 0 Å². The fourth-order valence-electron chi connectivity index (χ4n) is 2.68. The summed E-state index contributed by atoms with van der Waals surface area (Å²) in [4.78, 5) is 46.9. The summed E-state index contributed by atoms with van der Waals surface area (Å²) in [5, 5.41) is 0. The predicted molar refractivity (Wildman–Crippen MR) is 93.7 cm³/mol. The fraction of sp³-hybridized carbons (Fsp3) is 0.474. The molecule has 1 aromatic carbocycles. The van der Waals surface area contributed by atoms with Gasteiger partial charge in [-0.05, 0) is 31.2 Å². The van der Waals surface area contributed by atoms with Crippen LogP contribution < -0.4 is 0 Å². The second-order valence-electron chi connectivity index (χ2n) is 6.09. The molecule has 0 saturated heterocycles. The quantitative estimate of drug-likeness (QED) is 0.359. The molecule has 29 heavy (non-hydrogen) atoms. The Morgan fingerprint density at radius 1 is 1.03 bits per heavy atom. The Kier molecular flexibility index (Phi) is 8.26. The standard InChI is InChI=1S/C19H21O10/c1-24-16(21)19(26-13-20,29-18(23)27-15-10-6-3-7-11-15)28-17(22)25-12-14-8-4-2-5-9-14/h2,4-5,8-9,15H,3,6-7,10-12H2,1H3. The largest absolute Gasteiger partial charge is 0.534 e. The van der Waals surface area contributed by atoms with Crippen molar-refractivity contribution in [1.82, 2.24) is 0 Å². The van der Waals surface area contributed by atoms with E-state index in [0.29, 0.717) is 18.4 Å². The number of carbonyl (C=O) groups is 3. The first kappa shape index (κ1) is 22.0. The number of hydrogen-bond donors (Lipinski definition) is 0. The van der Waals surface area contributed by atoms with E-state index in [4.69, 9.17) is 14.2 Å². The molecule has 1 aromatic rings. The molecule has 0 N–H and O–H groups in total. The van der Waals surface area contributed by atoms with Crippen LogP contribution in [-0.4, -0.2) is 43.9 Å². The van der Waals surface area contributed by atoms with Crippen molar-refractivity contribution in [2.75, 3.05) is 7.11 Å². The molecule has 0 aromatic heterocycles. The smallest absolute Gasteiger partial charge is 0.460 e. The third kappa shape index (κ3) is 6.66. The summed E-state index contributed by atoms with van der Waals surface area (Å²) in [7, 11) is 0.903. The van der Waals surface area contributed by atoms with Crippen LogP contribution in [0.4, 0.5) is 9.59 Å². The van der Waals surface area contributed by atoms with Gasteiger partial charge in [-0.25, -0.2) is 19.2 Å². The second-order valence-corrected chi connectivity index (χ2v) is 6.09. The molecule has 1 fully saturated rings. The van der Waals surface area contributed by atoms with Gasteiger partial charge in [-0.15, -0.1) is 0 Å². The lowest BCUT2D eigenvalue weighted by atomic mass is 9.98. The first-order valence-electron chi connectivity index (χ1n) is 8.92. The first-order valence-corrected chi connectivity index (χ1v) is 8.92. The van der Waals surface area contributed by atoms with Gasteiger partial charge in [0, 0.05) is 0 Å². The van der Waals surface area contributed by atoms with Gasteiger partial charge in [0.2, 0.25) is 0 Å². The summed E-state index contributed by atoms with van der Waals surface area (Å²) >= 11 is 0. The molecule has 157 valence electrons. The summed E-state index contributed by atoms with van der Waals surface area (Å²) in [5.74, 6) is -4.69. The summed E-state index contributed by atoms with van der Waals surface area (Å²) in [5.41, 5.74) is 0.619. The van der Waals surface area contributed by atoms with Gasteiger partial charge in [-0.2, -0.15) is 0 Å². The Labute approximate surface area is 166 Å². The normalized spacial score (nSPS) is 15.9. The van der Waals surface area contributed by atoms with E-state index in [-0.39, 0.29) is 6.61 Å². The molecule has 1 atom stereocenters. The molecule has 1 saturated carbocycles. The van der Waals surface area contributed by atoms with Crippen molar-refractivity contribution in [1.29, 1.82) is 0 Å². The third-order valence-corrected chi connectivity index (χ3v) is 4.06. The van der Waals surface area contributed by atoms with E-state index in [9.17, 15) is 19.2 Å². The van der Waals surface area contributed by atoms with Crippen molar-refractivity contribution >= 4 is 24.8 Å². The Balaban J connectivity index is 2.04. The van der Waals surface area contributed by atoms with E-state index < -0.39 is 30.4 Å². The lowest BCUT2D eigenvalue weighted by Gasteiger charge is -2.27. The highest BCUT2D eigenvalue weighted by Gasteiger charge is 2.54. The number of hydrogen-bond acceptors (Lipinski definition) is 10. The molecule has 10 heteroatoms. The predicted octanol–water partition coefficient (Wildman–Crippen LogP) is 2.74. The molecule has 0 spiro atoms. The number of ether oxygens (including phenoxy) is 6. The summed E-state index contributed by atoms with van der Waals surface area (Å²) in [6.07, 6.45) is 0.690. The zero-order valence-corrected chi connectivity index (χ0v) is 15.8. The summed E-state index contributed by atoms with van der Waals surface area (Å²) < 4.78 is 28.1.